The van der Waals surface area contributed by atoms with Gasteiger partial charge in [-0.05, 0) is 26.8 Å². The van der Waals surface area contributed by atoms with Crippen LogP contribution < -0.4 is 0 Å². The third-order valence-electron chi connectivity index (χ3n) is 4.20. The van der Waals surface area contributed by atoms with Crippen LogP contribution in [0.15, 0.2) is 18.2 Å². The Morgan fingerprint density at radius 3 is 2.50 bits per heavy atom. The highest BCUT2D eigenvalue weighted by atomic mass is 32.2. The van der Waals surface area contributed by atoms with E-state index < -0.39 is 10.1 Å². The van der Waals surface area contributed by atoms with Crippen LogP contribution in [0.1, 0.15) is 38.3 Å². The summed E-state index contributed by atoms with van der Waals surface area (Å²) in [5.41, 5.74) is 4.74. The van der Waals surface area contributed by atoms with Gasteiger partial charge in [0.05, 0.1) is 15.5 Å². The lowest BCUT2D eigenvalue weighted by atomic mass is 9.82. The van der Waals surface area contributed by atoms with Crippen molar-refractivity contribution in [3.05, 3.63) is 29.3 Å². The summed E-state index contributed by atoms with van der Waals surface area (Å²) in [7, 11) is -4.13. The Bertz CT molecular complexity index is 672. The first-order valence-corrected chi connectivity index (χ1v) is 8.37. The zero-order chi connectivity index (χ0) is 15.1. The molecule has 110 valence electrons. The molecule has 1 aliphatic heterocycles. The maximum Gasteiger partial charge on any atom is 0.209 e. The first-order valence-electron chi connectivity index (χ1n) is 6.79. The van der Waals surface area contributed by atoms with E-state index in [1.807, 2.05) is 0 Å². The zero-order valence-corrected chi connectivity index (χ0v) is 13.3. The third-order valence-corrected chi connectivity index (χ3v) is 4.99. The van der Waals surface area contributed by atoms with Gasteiger partial charge >= 0.3 is 0 Å². The summed E-state index contributed by atoms with van der Waals surface area (Å²) >= 11 is 0. The predicted molar refractivity (Wildman–Crippen MR) is 78.9 cm³/mol. The van der Waals surface area contributed by atoms with Crippen molar-refractivity contribution in [1.29, 1.82) is 0 Å². The molecule has 5 heteroatoms. The number of nitrogens with zero attached hydrogens (tertiary/aromatic N) is 1. The van der Waals surface area contributed by atoms with Gasteiger partial charge in [0.15, 0.2) is 5.71 Å². The molecule has 0 unspecified atom stereocenters. The summed E-state index contributed by atoms with van der Waals surface area (Å²) in [5, 5.41) is 0. The van der Waals surface area contributed by atoms with Gasteiger partial charge in [-0.25, -0.2) is 8.42 Å². The molecule has 0 fully saturated rings. The van der Waals surface area contributed by atoms with Crippen molar-refractivity contribution < 1.29 is 17.5 Å². The number of benzene rings is 1. The molecule has 0 aromatic heterocycles. The first kappa shape index (κ1) is 15.2. The molecule has 1 aromatic carbocycles. The maximum absolute atomic E-state index is 10.7. The third kappa shape index (κ3) is 2.79. The van der Waals surface area contributed by atoms with E-state index >= 15 is 0 Å². The Morgan fingerprint density at radius 2 is 1.90 bits per heavy atom. The Morgan fingerprint density at radius 1 is 1.25 bits per heavy atom. The van der Waals surface area contributed by atoms with Gasteiger partial charge in [-0.15, -0.1) is 0 Å². The first-order chi connectivity index (χ1) is 9.13. The molecule has 1 heterocycles. The number of rotatable bonds is 4. The zero-order valence-electron chi connectivity index (χ0n) is 12.4. The largest absolute Gasteiger partial charge is 0.748 e. The second-order valence-corrected chi connectivity index (χ2v) is 7.52. The van der Waals surface area contributed by atoms with Crippen LogP contribution >= 0.6 is 0 Å². The van der Waals surface area contributed by atoms with Gasteiger partial charge in [0.25, 0.3) is 0 Å². The molecule has 0 bridgehead atoms. The van der Waals surface area contributed by atoms with Gasteiger partial charge in [-0.1, -0.05) is 11.6 Å². The molecular formula is C15H21NO3S. The van der Waals surface area contributed by atoms with Gasteiger partial charge in [-0.3, -0.25) is 0 Å². The highest BCUT2D eigenvalue weighted by Gasteiger charge is 2.42. The second-order valence-electron chi connectivity index (χ2n) is 6.00. The molecule has 0 saturated carbocycles. The molecule has 0 atom stereocenters. The molecule has 20 heavy (non-hydrogen) atoms. The maximum atomic E-state index is 10.7. The van der Waals surface area contributed by atoms with E-state index in [2.05, 4.69) is 50.5 Å². The average Bonchev–Trinajstić information content (AvgIpc) is 2.49. The average molecular weight is 295 g/mol. The normalized spacial score (nSPS) is 17.4. The van der Waals surface area contributed by atoms with Crippen molar-refractivity contribution >= 4 is 21.5 Å². The molecule has 0 saturated heterocycles. The van der Waals surface area contributed by atoms with E-state index in [0.29, 0.717) is 13.0 Å². The van der Waals surface area contributed by atoms with Crippen LogP contribution in [0.25, 0.3) is 0 Å². The summed E-state index contributed by atoms with van der Waals surface area (Å²) in [6.45, 7) is 9.04. The van der Waals surface area contributed by atoms with Gasteiger partial charge in [0.1, 0.15) is 6.54 Å². The monoisotopic (exact) mass is 295 g/mol. The lowest BCUT2D eigenvalue weighted by molar-refractivity contribution is -0.438. The molecule has 1 aliphatic rings. The molecule has 0 radical (unpaired) electrons. The summed E-state index contributed by atoms with van der Waals surface area (Å²) < 4.78 is 34.3. The van der Waals surface area contributed by atoms with E-state index in [1.54, 1.807) is 0 Å². The lowest BCUT2D eigenvalue weighted by Gasteiger charge is -2.15. The summed E-state index contributed by atoms with van der Waals surface area (Å²) in [6, 6.07) is 6.32. The standard InChI is InChI=1S/C15H21NO3S/c1-11-6-7-14-13(10-11)15(3,4)12(2)16(14)8-5-9-20(17,18)19/h6-7,10H,5,8-9H2,1-4H3. The summed E-state index contributed by atoms with van der Waals surface area (Å²) in [6.07, 6.45) is 0.354. The topological polar surface area (TPSA) is 60.2 Å². The van der Waals surface area contributed by atoms with Crippen molar-refractivity contribution in [2.24, 2.45) is 0 Å². The SMILES string of the molecule is CC1=[N+](CCCS(=O)(=O)[O-])c2ccc(C)cc2C1(C)C. The van der Waals surface area contributed by atoms with Gasteiger partial charge in [0.2, 0.25) is 5.69 Å². The fourth-order valence-electron chi connectivity index (χ4n) is 2.79. The van der Waals surface area contributed by atoms with Gasteiger partial charge < -0.3 is 4.55 Å². The second kappa shape index (κ2) is 4.97. The highest BCUT2D eigenvalue weighted by Crippen LogP contribution is 2.39. The summed E-state index contributed by atoms with van der Waals surface area (Å²) in [4.78, 5) is 0. The summed E-state index contributed by atoms with van der Waals surface area (Å²) in [5.74, 6) is -0.307. The number of fused-ring (bicyclic) bond motifs is 1. The van der Waals surface area contributed by atoms with E-state index in [-0.39, 0.29) is 11.2 Å². The van der Waals surface area contributed by atoms with Crippen molar-refractivity contribution in [3.8, 4) is 0 Å². The minimum Gasteiger partial charge on any atom is -0.748 e. The number of hydrogen-bond donors (Lipinski definition) is 0. The molecule has 0 spiro atoms. The van der Waals surface area contributed by atoms with E-state index in [0.717, 1.165) is 5.69 Å². The Balaban J connectivity index is 2.32. The quantitative estimate of drug-likeness (QED) is 0.632. The van der Waals surface area contributed by atoms with E-state index in [4.69, 9.17) is 0 Å². The lowest BCUT2D eigenvalue weighted by Crippen LogP contribution is -2.27. The van der Waals surface area contributed by atoms with E-state index in [1.165, 1.54) is 16.8 Å². The minimum atomic E-state index is -4.13. The minimum absolute atomic E-state index is 0.0578. The molecular weight excluding hydrogens is 274 g/mol. The Labute approximate surface area is 120 Å². The molecule has 0 N–H and O–H groups in total. The van der Waals surface area contributed by atoms with Gasteiger partial charge in [0, 0.05) is 30.7 Å². The fourth-order valence-corrected chi connectivity index (χ4v) is 3.27. The van der Waals surface area contributed by atoms with Crippen LogP contribution in [0.4, 0.5) is 5.69 Å². The Hall–Kier alpha value is -1.20. The van der Waals surface area contributed by atoms with Crippen LogP contribution in [0.2, 0.25) is 0 Å². The van der Waals surface area contributed by atoms with Crippen molar-refractivity contribution in [2.75, 3.05) is 12.3 Å². The number of hydrogen-bond acceptors (Lipinski definition) is 3. The van der Waals surface area contributed by atoms with Crippen molar-refractivity contribution in [1.82, 2.24) is 0 Å². The van der Waals surface area contributed by atoms with Crippen LogP contribution in [0.5, 0.6) is 0 Å². The molecule has 0 aliphatic carbocycles. The van der Waals surface area contributed by atoms with Crippen molar-refractivity contribution in [3.63, 3.8) is 0 Å². The molecule has 1 aromatic rings. The Kier molecular flexibility index (Phi) is 3.77. The number of aryl methyl sites for hydroxylation is 1. The van der Waals surface area contributed by atoms with Crippen LogP contribution in [-0.4, -0.2) is 35.6 Å². The van der Waals surface area contributed by atoms with Crippen LogP contribution in [-0.2, 0) is 15.5 Å². The fraction of sp³-hybridized carbons (Fsp3) is 0.533. The smallest absolute Gasteiger partial charge is 0.209 e. The van der Waals surface area contributed by atoms with Crippen LogP contribution in [0, 0.1) is 6.92 Å². The van der Waals surface area contributed by atoms with Crippen LogP contribution in [0.3, 0.4) is 0 Å². The van der Waals surface area contributed by atoms with E-state index in [9.17, 15) is 13.0 Å². The molecule has 4 nitrogen and oxygen atoms in total. The predicted octanol–water partition coefficient (Wildman–Crippen LogP) is 2.33. The highest BCUT2D eigenvalue weighted by molar-refractivity contribution is 7.85. The molecule has 2 rings (SSSR count). The molecule has 0 amide bonds. The van der Waals surface area contributed by atoms with Crippen molar-refractivity contribution in [2.45, 2.75) is 39.5 Å². The van der Waals surface area contributed by atoms with Gasteiger partial charge in [-0.2, -0.15) is 4.58 Å².